The zero-order valence-electron chi connectivity index (χ0n) is 28.2. The molecule has 1 unspecified atom stereocenters. The van der Waals surface area contributed by atoms with Crippen LogP contribution in [0.25, 0.3) is 0 Å². The van der Waals surface area contributed by atoms with Crippen molar-refractivity contribution in [1.29, 1.82) is 0 Å². The molecule has 2 aromatic rings. The van der Waals surface area contributed by atoms with Gasteiger partial charge in [-0.15, -0.1) is 0 Å². The predicted molar refractivity (Wildman–Crippen MR) is 177 cm³/mol. The van der Waals surface area contributed by atoms with Crippen LogP contribution in [0, 0.1) is 11.7 Å². The third-order valence-corrected chi connectivity index (χ3v) is 10.1. The van der Waals surface area contributed by atoms with Gasteiger partial charge in [-0.05, 0) is 82.2 Å². The lowest BCUT2D eigenvalue weighted by Gasteiger charge is -2.48. The molecule has 2 N–H and O–H groups in total. The maximum atomic E-state index is 14.4. The first-order chi connectivity index (χ1) is 23.0. The van der Waals surface area contributed by atoms with Gasteiger partial charge >= 0.3 is 6.09 Å². The Kier molecular flexibility index (Phi) is 10.2. The van der Waals surface area contributed by atoms with Crippen molar-refractivity contribution in [3.8, 4) is 5.88 Å². The molecule has 2 saturated heterocycles. The molecule has 12 nitrogen and oxygen atoms in total. The molecule has 3 aliphatic heterocycles. The summed E-state index contributed by atoms with van der Waals surface area (Å²) >= 11 is 0. The molecule has 1 aromatic heterocycles. The number of benzene rings is 1. The molecule has 3 amide bonds. The Balaban J connectivity index is 1.28. The van der Waals surface area contributed by atoms with Gasteiger partial charge in [-0.25, -0.2) is 14.2 Å². The van der Waals surface area contributed by atoms with E-state index in [0.29, 0.717) is 63.0 Å². The van der Waals surface area contributed by atoms with Crippen LogP contribution in [0.15, 0.2) is 30.3 Å². The van der Waals surface area contributed by atoms with E-state index in [1.165, 1.54) is 17.0 Å². The number of halogens is 1. The molecule has 4 aliphatic rings. The van der Waals surface area contributed by atoms with E-state index < -0.39 is 6.09 Å². The second-order valence-electron chi connectivity index (χ2n) is 14.0. The summed E-state index contributed by atoms with van der Waals surface area (Å²) < 4.78 is 25.5. The van der Waals surface area contributed by atoms with Crippen molar-refractivity contribution in [2.24, 2.45) is 5.92 Å². The largest absolute Gasteiger partial charge is 0.474 e. The highest BCUT2D eigenvalue weighted by Gasteiger charge is 2.40. The van der Waals surface area contributed by atoms with E-state index in [2.05, 4.69) is 33.9 Å². The average Bonchev–Trinajstić information content (AvgIpc) is 3.88. The van der Waals surface area contributed by atoms with Gasteiger partial charge in [-0.1, -0.05) is 12.1 Å². The summed E-state index contributed by atoms with van der Waals surface area (Å²) in [7, 11) is 0. The van der Waals surface area contributed by atoms with E-state index in [1.54, 1.807) is 17.0 Å². The lowest BCUT2D eigenvalue weighted by Crippen LogP contribution is -2.65. The number of nitrogens with zero attached hydrogens (tertiary/aromatic N) is 5. The van der Waals surface area contributed by atoms with E-state index in [9.17, 15) is 23.9 Å². The second-order valence-corrected chi connectivity index (χ2v) is 14.0. The topological polar surface area (TPSA) is 128 Å². The second kappa shape index (κ2) is 14.4. The first-order valence-corrected chi connectivity index (χ1v) is 17.1. The van der Waals surface area contributed by atoms with Gasteiger partial charge in [0.15, 0.2) is 0 Å². The van der Waals surface area contributed by atoms with Crippen LogP contribution in [0.4, 0.5) is 14.9 Å². The zero-order valence-corrected chi connectivity index (χ0v) is 28.2. The number of hydrogen-bond donors (Lipinski definition) is 2. The molecule has 0 radical (unpaired) electrons. The molecule has 5 atom stereocenters. The number of carboxylic acid groups (broad SMARTS) is 1. The normalized spacial score (nSPS) is 26.5. The summed E-state index contributed by atoms with van der Waals surface area (Å²) in [4.78, 5) is 52.2. The smallest absolute Gasteiger partial charge is 0.407 e. The number of nitrogens with one attached hydrogen (secondary N) is 1. The highest BCUT2D eigenvalue weighted by molar-refractivity contribution is 5.99. The highest BCUT2D eigenvalue weighted by Crippen LogP contribution is 2.36. The lowest BCUT2D eigenvalue weighted by molar-refractivity contribution is -0.122. The van der Waals surface area contributed by atoms with Crippen LogP contribution in [0.3, 0.4) is 0 Å². The number of ether oxygens (including phenoxy) is 2. The summed E-state index contributed by atoms with van der Waals surface area (Å²) in [6.45, 7) is 11.4. The monoisotopic (exact) mass is 666 g/mol. The highest BCUT2D eigenvalue weighted by atomic mass is 19.1. The molecule has 4 heterocycles. The number of rotatable bonds is 9. The Morgan fingerprint density at radius 1 is 0.979 bits per heavy atom. The molecule has 1 saturated carbocycles. The SMILES string of the molecule is CC1COc2nc(C(=O)NCC3CC3)c(Cc3ccc(F)cc3)cc2N1C(=O)CN1C[C@@H](C)N(C(=O)O)C[C@@H]1CN1[C@H](C)COC[C@H]1C. The molecule has 48 heavy (non-hydrogen) atoms. The molecular formula is C35H47FN6O6. The molecule has 0 bridgehead atoms. The molecule has 1 aliphatic carbocycles. The molecule has 1 aromatic carbocycles. The first kappa shape index (κ1) is 34.1. The Morgan fingerprint density at radius 3 is 2.35 bits per heavy atom. The van der Waals surface area contributed by atoms with E-state index in [4.69, 9.17) is 9.47 Å². The number of hydrogen-bond acceptors (Lipinski definition) is 8. The Hall–Kier alpha value is -3.81. The van der Waals surface area contributed by atoms with Crippen molar-refractivity contribution >= 4 is 23.6 Å². The number of anilines is 1. The third kappa shape index (κ3) is 7.58. The average molecular weight is 667 g/mol. The quantitative estimate of drug-likeness (QED) is 0.415. The van der Waals surface area contributed by atoms with Gasteiger partial charge in [0.2, 0.25) is 11.8 Å². The molecule has 0 spiro atoms. The number of piperazine rings is 1. The van der Waals surface area contributed by atoms with Gasteiger partial charge < -0.3 is 29.7 Å². The van der Waals surface area contributed by atoms with Crippen molar-refractivity contribution in [2.45, 2.75) is 77.2 Å². The van der Waals surface area contributed by atoms with E-state index in [1.807, 2.05) is 19.9 Å². The number of fused-ring (bicyclic) bond motifs is 1. The maximum absolute atomic E-state index is 14.4. The molecule has 13 heteroatoms. The summed E-state index contributed by atoms with van der Waals surface area (Å²) in [5.41, 5.74) is 2.13. The fraction of sp³-hybridized carbons (Fsp3) is 0.600. The van der Waals surface area contributed by atoms with Crippen LogP contribution >= 0.6 is 0 Å². The van der Waals surface area contributed by atoms with Gasteiger partial charge in [-0.2, -0.15) is 0 Å². The number of aromatic nitrogens is 1. The third-order valence-electron chi connectivity index (χ3n) is 10.1. The number of carbonyl (C=O) groups excluding carboxylic acids is 2. The van der Waals surface area contributed by atoms with Gasteiger partial charge in [0.05, 0.1) is 25.8 Å². The first-order valence-electron chi connectivity index (χ1n) is 17.1. The molecule has 260 valence electrons. The van der Waals surface area contributed by atoms with Crippen LogP contribution < -0.4 is 15.0 Å². The molecule has 6 rings (SSSR count). The minimum atomic E-state index is -0.964. The van der Waals surface area contributed by atoms with Crippen LogP contribution in [-0.2, 0) is 16.0 Å². The fourth-order valence-electron chi connectivity index (χ4n) is 7.12. The van der Waals surface area contributed by atoms with Crippen LogP contribution in [0.2, 0.25) is 0 Å². The Bertz CT molecular complexity index is 1500. The summed E-state index contributed by atoms with van der Waals surface area (Å²) in [6, 6.07) is 7.46. The zero-order chi connectivity index (χ0) is 34.1. The van der Waals surface area contributed by atoms with Crippen molar-refractivity contribution in [3.05, 3.63) is 53.0 Å². The fourth-order valence-corrected chi connectivity index (χ4v) is 7.12. The minimum absolute atomic E-state index is 0.0796. The van der Waals surface area contributed by atoms with Crippen LogP contribution in [0.1, 0.15) is 62.2 Å². The lowest BCUT2D eigenvalue weighted by atomic mass is 10.0. The Labute approximate surface area is 281 Å². The van der Waals surface area contributed by atoms with Gasteiger partial charge in [0.25, 0.3) is 5.91 Å². The van der Waals surface area contributed by atoms with E-state index in [0.717, 1.165) is 18.4 Å². The summed E-state index contributed by atoms with van der Waals surface area (Å²) in [6.07, 6.45) is 1.53. The molecular weight excluding hydrogens is 619 g/mol. The number of carbonyl (C=O) groups is 3. The molecule has 3 fully saturated rings. The van der Waals surface area contributed by atoms with Crippen LogP contribution in [-0.4, -0.2) is 125 Å². The van der Waals surface area contributed by atoms with E-state index >= 15 is 0 Å². The van der Waals surface area contributed by atoms with Crippen molar-refractivity contribution in [3.63, 3.8) is 0 Å². The van der Waals surface area contributed by atoms with Gasteiger partial charge in [0.1, 0.15) is 23.8 Å². The number of pyridine rings is 1. The van der Waals surface area contributed by atoms with Gasteiger partial charge in [-0.3, -0.25) is 19.4 Å². The maximum Gasteiger partial charge on any atom is 0.407 e. The standard InChI is InChI=1S/C35H47FN6O6/c1-21-14-39(29(16-41(21)35(45)46)15-40-22(2)18-47-19-23(40)3)17-31(43)42-24(4)20-48-34-30(42)12-27(11-25-7-9-28(36)10-8-25)32(38-34)33(44)37-13-26-5-6-26/h7-10,12,21-24,26,29H,5-6,11,13-20H2,1-4H3,(H,37,44)(H,45,46)/t21-,22-,23-,24?,29+/m1/s1. The summed E-state index contributed by atoms with van der Waals surface area (Å²) in [5.74, 6) is -0.107. The predicted octanol–water partition coefficient (Wildman–Crippen LogP) is 3.23. The van der Waals surface area contributed by atoms with Gasteiger partial charge in [0, 0.05) is 50.3 Å². The van der Waals surface area contributed by atoms with E-state index in [-0.39, 0.29) is 72.6 Å². The summed E-state index contributed by atoms with van der Waals surface area (Å²) in [5, 5.41) is 13.0. The van der Waals surface area contributed by atoms with Crippen molar-refractivity contribution in [2.75, 3.05) is 57.4 Å². The van der Waals surface area contributed by atoms with Crippen LogP contribution in [0.5, 0.6) is 5.88 Å². The number of amides is 3. The van der Waals surface area contributed by atoms with Crippen molar-refractivity contribution in [1.82, 2.24) is 25.0 Å². The Morgan fingerprint density at radius 2 is 1.69 bits per heavy atom. The number of morpholine rings is 1. The minimum Gasteiger partial charge on any atom is -0.474 e. The van der Waals surface area contributed by atoms with Crippen molar-refractivity contribution < 1.29 is 33.4 Å².